The van der Waals surface area contributed by atoms with Crippen LogP contribution in [0, 0.1) is 0 Å². The van der Waals surface area contributed by atoms with E-state index in [-0.39, 0.29) is 16.5 Å². The second kappa shape index (κ2) is 5.10. The normalized spacial score (nSPS) is 11.0. The Morgan fingerprint density at radius 1 is 0.783 bits per heavy atom. The number of hydrogen-bond acceptors (Lipinski definition) is 3. The van der Waals surface area contributed by atoms with Crippen molar-refractivity contribution in [3.8, 4) is 16.9 Å². The number of para-hydroxylation sites is 1. The molecule has 0 unspecified atom stereocenters. The summed E-state index contributed by atoms with van der Waals surface area (Å²) in [6, 6.07) is 18.6. The first-order valence-corrected chi connectivity index (χ1v) is 7.10. The Hall–Kier alpha value is -3.41. The van der Waals surface area contributed by atoms with Gasteiger partial charge >= 0.3 is 0 Å². The van der Waals surface area contributed by atoms with E-state index < -0.39 is 5.56 Å². The number of nitrogens with zero attached hydrogens (tertiary/aromatic N) is 2. The van der Waals surface area contributed by atoms with Crippen molar-refractivity contribution in [2.24, 2.45) is 0 Å². The Labute approximate surface area is 130 Å². The highest BCUT2D eigenvalue weighted by atomic mass is 16.1. The topological polar surface area (TPSA) is 83.5 Å². The first-order valence-electron chi connectivity index (χ1n) is 7.10. The van der Waals surface area contributed by atoms with Crippen LogP contribution in [-0.4, -0.2) is 20.0 Å². The van der Waals surface area contributed by atoms with E-state index in [2.05, 4.69) is 15.3 Å². The molecule has 2 N–H and O–H groups in total. The van der Waals surface area contributed by atoms with Gasteiger partial charge in [0, 0.05) is 5.56 Å². The van der Waals surface area contributed by atoms with Crippen molar-refractivity contribution >= 4 is 10.9 Å². The van der Waals surface area contributed by atoms with Crippen molar-refractivity contribution in [1.29, 1.82) is 0 Å². The molecule has 2 aromatic heterocycles. The van der Waals surface area contributed by atoms with Crippen molar-refractivity contribution in [2.45, 2.75) is 0 Å². The van der Waals surface area contributed by atoms with Crippen LogP contribution in [-0.2, 0) is 0 Å². The predicted octanol–water partition coefficient (Wildman–Crippen LogP) is 2.07. The molecule has 0 fully saturated rings. The fourth-order valence-electron chi connectivity index (χ4n) is 2.63. The van der Waals surface area contributed by atoms with Gasteiger partial charge in [-0.15, -0.1) is 0 Å². The van der Waals surface area contributed by atoms with E-state index in [1.807, 2.05) is 60.7 Å². The molecule has 6 heteroatoms. The quantitative estimate of drug-likeness (QED) is 0.594. The van der Waals surface area contributed by atoms with Crippen LogP contribution in [0.4, 0.5) is 0 Å². The molecular weight excluding hydrogens is 292 g/mol. The minimum atomic E-state index is -0.391. The predicted molar refractivity (Wildman–Crippen MR) is 87.7 cm³/mol. The molecule has 0 aliphatic rings. The van der Waals surface area contributed by atoms with Crippen LogP contribution in [0.3, 0.4) is 0 Å². The number of aromatic nitrogens is 4. The summed E-state index contributed by atoms with van der Waals surface area (Å²) >= 11 is 0. The maximum atomic E-state index is 12.3. The van der Waals surface area contributed by atoms with Crippen molar-refractivity contribution in [1.82, 2.24) is 20.0 Å². The number of fused-ring (bicyclic) bond motifs is 1. The lowest BCUT2D eigenvalue weighted by Crippen LogP contribution is -2.20. The average molecular weight is 304 g/mol. The summed E-state index contributed by atoms with van der Waals surface area (Å²) in [6.07, 6.45) is 0. The smallest absolute Gasteiger partial charge is 0.267 e. The molecule has 6 nitrogen and oxygen atoms in total. The SMILES string of the molecule is O=c1[nH][nH]c(=O)c2c1c(-c1ccccc1)nn2-c1ccccc1. The molecular formula is C17H12N4O2. The van der Waals surface area contributed by atoms with Gasteiger partial charge in [0.1, 0.15) is 16.6 Å². The van der Waals surface area contributed by atoms with Crippen molar-refractivity contribution in [2.75, 3.05) is 0 Å². The van der Waals surface area contributed by atoms with Gasteiger partial charge < -0.3 is 0 Å². The van der Waals surface area contributed by atoms with Crippen LogP contribution in [0.15, 0.2) is 70.3 Å². The molecule has 0 saturated heterocycles. The van der Waals surface area contributed by atoms with E-state index in [0.29, 0.717) is 5.69 Å². The summed E-state index contributed by atoms with van der Waals surface area (Å²) in [5, 5.41) is 9.54. The number of benzene rings is 2. The second-order valence-corrected chi connectivity index (χ2v) is 5.09. The van der Waals surface area contributed by atoms with Gasteiger partial charge in [-0.1, -0.05) is 48.5 Å². The summed E-state index contributed by atoms with van der Waals surface area (Å²) < 4.78 is 1.51. The second-order valence-electron chi connectivity index (χ2n) is 5.09. The maximum Gasteiger partial charge on any atom is 0.289 e. The van der Waals surface area contributed by atoms with Gasteiger partial charge in [0.25, 0.3) is 11.1 Å². The number of hydrogen-bond donors (Lipinski definition) is 2. The van der Waals surface area contributed by atoms with E-state index in [1.165, 1.54) is 4.68 Å². The molecule has 0 amide bonds. The Bertz CT molecular complexity index is 1000. The lowest BCUT2D eigenvalue weighted by atomic mass is 10.1. The first kappa shape index (κ1) is 13.3. The fourth-order valence-corrected chi connectivity index (χ4v) is 2.63. The molecule has 23 heavy (non-hydrogen) atoms. The molecule has 0 aliphatic heterocycles. The van der Waals surface area contributed by atoms with Gasteiger partial charge in [0.05, 0.1) is 5.69 Å². The summed E-state index contributed by atoms with van der Waals surface area (Å²) in [6.45, 7) is 0. The molecule has 0 bridgehead atoms. The Morgan fingerprint density at radius 3 is 2.09 bits per heavy atom. The van der Waals surface area contributed by atoms with Gasteiger partial charge in [0.2, 0.25) is 0 Å². The highest BCUT2D eigenvalue weighted by Crippen LogP contribution is 2.25. The van der Waals surface area contributed by atoms with E-state index in [9.17, 15) is 9.59 Å². The lowest BCUT2D eigenvalue weighted by molar-refractivity contribution is 0.896. The van der Waals surface area contributed by atoms with E-state index >= 15 is 0 Å². The third-order valence-corrected chi connectivity index (χ3v) is 3.67. The molecule has 0 radical (unpaired) electrons. The van der Waals surface area contributed by atoms with Gasteiger partial charge in [0.15, 0.2) is 0 Å². The third kappa shape index (κ3) is 2.08. The third-order valence-electron chi connectivity index (χ3n) is 3.67. The highest BCUT2D eigenvalue weighted by Gasteiger charge is 2.19. The molecule has 2 aromatic carbocycles. The van der Waals surface area contributed by atoms with Gasteiger partial charge in [-0.25, -0.2) is 4.68 Å². The monoisotopic (exact) mass is 304 g/mol. The molecule has 0 atom stereocenters. The van der Waals surface area contributed by atoms with Crippen LogP contribution < -0.4 is 11.1 Å². The molecule has 0 spiro atoms. The molecule has 0 aliphatic carbocycles. The molecule has 4 rings (SSSR count). The number of rotatable bonds is 2. The van der Waals surface area contributed by atoms with Crippen LogP contribution in [0.25, 0.3) is 27.8 Å². The summed E-state index contributed by atoms with van der Waals surface area (Å²) in [5.74, 6) is 0. The first-order chi connectivity index (χ1) is 11.3. The standard InChI is InChI=1S/C17H12N4O2/c22-16-13-14(11-7-3-1-4-8-11)20-21(12-9-5-2-6-10-12)15(13)17(23)19-18-16/h1-10H,(H,18,22)(H,19,23). The van der Waals surface area contributed by atoms with Crippen molar-refractivity contribution in [3.63, 3.8) is 0 Å². The molecule has 2 heterocycles. The van der Waals surface area contributed by atoms with E-state index in [1.54, 1.807) is 0 Å². The Kier molecular flexibility index (Phi) is 2.94. The van der Waals surface area contributed by atoms with Crippen LogP contribution in [0.5, 0.6) is 0 Å². The maximum absolute atomic E-state index is 12.3. The number of H-pyrrole nitrogens is 2. The number of aromatic amines is 2. The summed E-state index contributed by atoms with van der Waals surface area (Å²) in [7, 11) is 0. The fraction of sp³-hybridized carbons (Fsp3) is 0. The van der Waals surface area contributed by atoms with Gasteiger partial charge in [-0.3, -0.25) is 19.8 Å². The highest BCUT2D eigenvalue weighted by molar-refractivity contribution is 5.92. The number of nitrogens with one attached hydrogen (secondary N) is 2. The van der Waals surface area contributed by atoms with E-state index in [4.69, 9.17) is 0 Å². The lowest BCUT2D eigenvalue weighted by Gasteiger charge is -2.01. The largest absolute Gasteiger partial charge is 0.289 e. The molecule has 4 aromatic rings. The molecule has 0 saturated carbocycles. The zero-order chi connectivity index (χ0) is 15.8. The average Bonchev–Trinajstić information content (AvgIpc) is 3.02. The van der Waals surface area contributed by atoms with Crippen molar-refractivity contribution < 1.29 is 0 Å². The Morgan fingerprint density at radius 2 is 1.39 bits per heavy atom. The van der Waals surface area contributed by atoms with Crippen LogP contribution in [0.1, 0.15) is 0 Å². The summed E-state index contributed by atoms with van der Waals surface area (Å²) in [5.41, 5.74) is 1.45. The van der Waals surface area contributed by atoms with Crippen molar-refractivity contribution in [3.05, 3.63) is 81.4 Å². The minimum absolute atomic E-state index is 0.235. The zero-order valence-electron chi connectivity index (χ0n) is 12.0. The molecule has 112 valence electrons. The van der Waals surface area contributed by atoms with Crippen LogP contribution >= 0.6 is 0 Å². The summed E-state index contributed by atoms with van der Waals surface area (Å²) in [4.78, 5) is 24.6. The zero-order valence-corrected chi connectivity index (χ0v) is 12.0. The van der Waals surface area contributed by atoms with E-state index in [0.717, 1.165) is 11.3 Å². The minimum Gasteiger partial charge on any atom is -0.267 e. The van der Waals surface area contributed by atoms with Crippen LogP contribution in [0.2, 0.25) is 0 Å². The van der Waals surface area contributed by atoms with Gasteiger partial charge in [-0.05, 0) is 12.1 Å². The van der Waals surface area contributed by atoms with Gasteiger partial charge in [-0.2, -0.15) is 5.10 Å². The Balaban J connectivity index is 2.16.